The molecule has 1 aromatic heterocycles. The van der Waals surface area contributed by atoms with Crippen molar-refractivity contribution in [2.45, 2.75) is 19.3 Å². The average Bonchev–Trinajstić information content (AvgIpc) is 2.58. The fourth-order valence-corrected chi connectivity index (χ4v) is 3.72. The average molecular weight is 305 g/mol. The maximum atomic E-state index is 12.5. The molecule has 0 saturated carbocycles. The van der Waals surface area contributed by atoms with Crippen LogP contribution in [0.3, 0.4) is 0 Å². The number of methoxy groups -OCH3 is 1. The fraction of sp³-hybridized carbons (Fsp3) is 0.688. The summed E-state index contributed by atoms with van der Waals surface area (Å²) >= 11 is 0. The van der Waals surface area contributed by atoms with Gasteiger partial charge in [0.2, 0.25) is 0 Å². The Labute approximate surface area is 130 Å². The van der Waals surface area contributed by atoms with Crippen LogP contribution >= 0.6 is 0 Å². The van der Waals surface area contributed by atoms with Crippen LogP contribution in [0.5, 0.6) is 0 Å². The van der Waals surface area contributed by atoms with Crippen molar-refractivity contribution in [1.82, 2.24) is 15.1 Å². The van der Waals surface area contributed by atoms with Crippen molar-refractivity contribution in [1.29, 1.82) is 0 Å². The second kappa shape index (κ2) is 6.71. The lowest BCUT2D eigenvalue weighted by Gasteiger charge is -2.48. The second-order valence-electron chi connectivity index (χ2n) is 6.26. The fourth-order valence-electron chi connectivity index (χ4n) is 3.72. The van der Waals surface area contributed by atoms with Gasteiger partial charge in [-0.3, -0.25) is 4.79 Å². The molecule has 6 nitrogen and oxygen atoms in total. The van der Waals surface area contributed by atoms with Crippen LogP contribution in [-0.4, -0.2) is 61.0 Å². The molecule has 1 atom stereocenters. The molecule has 0 radical (unpaired) electrons. The summed E-state index contributed by atoms with van der Waals surface area (Å²) < 4.78 is 11.0. The lowest BCUT2D eigenvalue weighted by atomic mass is 9.66. The Morgan fingerprint density at radius 1 is 1.41 bits per heavy atom. The van der Waals surface area contributed by atoms with Gasteiger partial charge in [-0.15, -0.1) is 0 Å². The molecule has 0 unspecified atom stereocenters. The zero-order valence-corrected chi connectivity index (χ0v) is 13.0. The predicted octanol–water partition coefficient (Wildman–Crippen LogP) is 1.38. The molecular weight excluding hydrogens is 282 g/mol. The number of amides is 1. The van der Waals surface area contributed by atoms with Crippen LogP contribution in [0.1, 0.15) is 29.6 Å². The quantitative estimate of drug-likeness (QED) is 0.844. The summed E-state index contributed by atoms with van der Waals surface area (Å²) in [4.78, 5) is 14.4. The standard InChI is InChI=1S/C16H23N3O3/c1-21-11-14-12-22-9-5-16(14)3-7-19(8-4-16)15(20)13-2-6-17-18-10-13/h2,6,10,14H,3-5,7-9,11-12H2,1H3/t14-/m1/s1. The topological polar surface area (TPSA) is 64.6 Å². The van der Waals surface area contributed by atoms with Crippen molar-refractivity contribution in [2.75, 3.05) is 40.0 Å². The molecule has 1 spiro atoms. The van der Waals surface area contributed by atoms with E-state index in [1.54, 1.807) is 19.4 Å². The van der Waals surface area contributed by atoms with Gasteiger partial charge in [0.15, 0.2) is 0 Å². The minimum absolute atomic E-state index is 0.0556. The Bertz CT molecular complexity index is 499. The number of rotatable bonds is 3. The highest BCUT2D eigenvalue weighted by Crippen LogP contribution is 2.44. The molecular formula is C16H23N3O3. The first-order chi connectivity index (χ1) is 10.7. The van der Waals surface area contributed by atoms with E-state index in [0.29, 0.717) is 11.5 Å². The van der Waals surface area contributed by atoms with Gasteiger partial charge in [-0.1, -0.05) is 0 Å². The Morgan fingerprint density at radius 2 is 2.23 bits per heavy atom. The lowest BCUT2D eigenvalue weighted by molar-refractivity contribution is -0.0912. The Morgan fingerprint density at radius 3 is 2.91 bits per heavy atom. The van der Waals surface area contributed by atoms with Crippen LogP contribution in [0, 0.1) is 11.3 Å². The number of hydrogen-bond donors (Lipinski definition) is 0. The molecule has 2 aliphatic rings. The van der Waals surface area contributed by atoms with Gasteiger partial charge < -0.3 is 14.4 Å². The normalized spacial score (nSPS) is 24.4. The van der Waals surface area contributed by atoms with Crippen molar-refractivity contribution in [3.8, 4) is 0 Å². The number of piperidine rings is 1. The molecule has 22 heavy (non-hydrogen) atoms. The van der Waals surface area contributed by atoms with Crippen molar-refractivity contribution in [2.24, 2.45) is 11.3 Å². The van der Waals surface area contributed by atoms with E-state index in [1.165, 1.54) is 6.20 Å². The molecule has 6 heteroatoms. The van der Waals surface area contributed by atoms with Gasteiger partial charge in [0, 0.05) is 32.7 Å². The van der Waals surface area contributed by atoms with Crippen LogP contribution in [0.25, 0.3) is 0 Å². The van der Waals surface area contributed by atoms with E-state index in [-0.39, 0.29) is 11.3 Å². The van der Waals surface area contributed by atoms with Crippen LogP contribution in [0.4, 0.5) is 0 Å². The molecule has 3 heterocycles. The summed E-state index contributed by atoms with van der Waals surface area (Å²) in [5.41, 5.74) is 0.882. The third-order valence-corrected chi connectivity index (χ3v) is 5.17. The number of aromatic nitrogens is 2. The summed E-state index contributed by atoms with van der Waals surface area (Å²) in [5, 5.41) is 7.51. The first-order valence-corrected chi connectivity index (χ1v) is 7.88. The molecule has 2 fully saturated rings. The van der Waals surface area contributed by atoms with Gasteiger partial charge >= 0.3 is 0 Å². The summed E-state index contributed by atoms with van der Waals surface area (Å²) in [6.07, 6.45) is 6.21. The Hall–Kier alpha value is -1.53. The summed E-state index contributed by atoms with van der Waals surface area (Å²) in [6, 6.07) is 1.72. The zero-order chi connectivity index (χ0) is 15.4. The second-order valence-corrected chi connectivity index (χ2v) is 6.26. The number of carbonyl (C=O) groups is 1. The van der Waals surface area contributed by atoms with E-state index in [0.717, 1.165) is 52.2 Å². The SMILES string of the molecule is COC[C@@H]1COCCC12CCN(C(=O)c1ccnnc1)CC2. The predicted molar refractivity (Wildman–Crippen MR) is 80.4 cm³/mol. The van der Waals surface area contributed by atoms with Gasteiger partial charge in [-0.05, 0) is 30.7 Å². The molecule has 0 bridgehead atoms. The van der Waals surface area contributed by atoms with Gasteiger partial charge in [0.25, 0.3) is 5.91 Å². The lowest BCUT2D eigenvalue weighted by Crippen LogP contribution is -2.50. The molecule has 120 valence electrons. The molecule has 1 amide bonds. The molecule has 0 aliphatic carbocycles. The monoisotopic (exact) mass is 305 g/mol. The van der Waals surface area contributed by atoms with Crippen LogP contribution in [0.15, 0.2) is 18.5 Å². The number of hydrogen-bond acceptors (Lipinski definition) is 5. The van der Waals surface area contributed by atoms with E-state index in [9.17, 15) is 4.79 Å². The van der Waals surface area contributed by atoms with Gasteiger partial charge in [0.05, 0.1) is 31.2 Å². The van der Waals surface area contributed by atoms with Crippen molar-refractivity contribution in [3.05, 3.63) is 24.0 Å². The molecule has 0 aromatic carbocycles. The maximum Gasteiger partial charge on any atom is 0.255 e. The maximum absolute atomic E-state index is 12.5. The summed E-state index contributed by atoms with van der Waals surface area (Å²) in [7, 11) is 1.75. The van der Waals surface area contributed by atoms with Gasteiger partial charge in [-0.2, -0.15) is 10.2 Å². The summed E-state index contributed by atoms with van der Waals surface area (Å²) in [5.74, 6) is 0.492. The van der Waals surface area contributed by atoms with E-state index in [4.69, 9.17) is 9.47 Å². The van der Waals surface area contributed by atoms with Crippen LogP contribution < -0.4 is 0 Å². The highest BCUT2D eigenvalue weighted by atomic mass is 16.5. The number of likely N-dealkylation sites (tertiary alicyclic amines) is 1. The minimum Gasteiger partial charge on any atom is -0.384 e. The molecule has 2 saturated heterocycles. The highest BCUT2D eigenvalue weighted by Gasteiger charge is 2.44. The third kappa shape index (κ3) is 2.98. The van der Waals surface area contributed by atoms with Crippen molar-refractivity contribution < 1.29 is 14.3 Å². The zero-order valence-electron chi connectivity index (χ0n) is 13.0. The molecule has 3 rings (SSSR count). The Kier molecular flexibility index (Phi) is 4.69. The van der Waals surface area contributed by atoms with Gasteiger partial charge in [-0.25, -0.2) is 0 Å². The largest absolute Gasteiger partial charge is 0.384 e. The van der Waals surface area contributed by atoms with E-state index in [1.807, 2.05) is 4.90 Å². The third-order valence-electron chi connectivity index (χ3n) is 5.17. The van der Waals surface area contributed by atoms with E-state index >= 15 is 0 Å². The molecule has 0 N–H and O–H groups in total. The van der Waals surface area contributed by atoms with Crippen LogP contribution in [0.2, 0.25) is 0 Å². The smallest absolute Gasteiger partial charge is 0.255 e. The number of carbonyl (C=O) groups excluding carboxylic acids is 1. The number of nitrogens with zero attached hydrogens (tertiary/aromatic N) is 3. The molecule has 2 aliphatic heterocycles. The summed E-state index contributed by atoms with van der Waals surface area (Å²) in [6.45, 7) is 3.92. The highest BCUT2D eigenvalue weighted by molar-refractivity contribution is 5.93. The van der Waals surface area contributed by atoms with E-state index in [2.05, 4.69) is 10.2 Å². The van der Waals surface area contributed by atoms with Crippen molar-refractivity contribution >= 4 is 5.91 Å². The van der Waals surface area contributed by atoms with Crippen molar-refractivity contribution in [3.63, 3.8) is 0 Å². The van der Waals surface area contributed by atoms with Gasteiger partial charge in [0.1, 0.15) is 0 Å². The van der Waals surface area contributed by atoms with Crippen LogP contribution in [-0.2, 0) is 9.47 Å². The minimum atomic E-state index is 0.0556. The molecule has 1 aromatic rings. The Balaban J connectivity index is 1.65. The first-order valence-electron chi connectivity index (χ1n) is 7.88. The first kappa shape index (κ1) is 15.4. The number of ether oxygens (including phenoxy) is 2. The van der Waals surface area contributed by atoms with E-state index < -0.39 is 0 Å².